The highest BCUT2D eigenvalue weighted by atomic mass is 14.1. The van der Waals surface area contributed by atoms with Crippen molar-refractivity contribution in [1.29, 1.82) is 0 Å². The second kappa shape index (κ2) is 10.9. The standard InChI is InChI=1S/C36H30/c1-27-23-28(2)25-31(24-27)14-13-29-15-19-32(20-16-29)33-21-17-30(18-22-33)26-36(34-9-5-3-6-10-34)35-11-7-4-8-12-35/h3-26H,1-2H3. The molecule has 0 fully saturated rings. The summed E-state index contributed by atoms with van der Waals surface area (Å²) in [5, 5.41) is 0. The first kappa shape index (κ1) is 23.3. The van der Waals surface area contributed by atoms with Gasteiger partial charge in [-0.2, -0.15) is 0 Å². The molecule has 5 aromatic rings. The molecular formula is C36H30. The van der Waals surface area contributed by atoms with Crippen LogP contribution in [0.5, 0.6) is 0 Å². The maximum atomic E-state index is 2.27. The van der Waals surface area contributed by atoms with E-state index in [4.69, 9.17) is 0 Å². The summed E-state index contributed by atoms with van der Waals surface area (Å²) in [6, 6.07) is 45.4. The summed E-state index contributed by atoms with van der Waals surface area (Å²) in [7, 11) is 0. The van der Waals surface area contributed by atoms with E-state index in [2.05, 4.69) is 159 Å². The van der Waals surface area contributed by atoms with Crippen molar-refractivity contribution in [2.75, 3.05) is 0 Å². The average Bonchev–Trinajstić information content (AvgIpc) is 2.92. The normalized spacial score (nSPS) is 10.9. The smallest absolute Gasteiger partial charge is 0.0105 e. The van der Waals surface area contributed by atoms with Crippen LogP contribution in [0.3, 0.4) is 0 Å². The van der Waals surface area contributed by atoms with Crippen molar-refractivity contribution in [2.24, 2.45) is 0 Å². The van der Waals surface area contributed by atoms with Crippen LogP contribution in [0, 0.1) is 13.8 Å². The molecule has 0 radical (unpaired) electrons. The van der Waals surface area contributed by atoms with E-state index in [-0.39, 0.29) is 0 Å². The Morgan fingerprint density at radius 1 is 0.444 bits per heavy atom. The van der Waals surface area contributed by atoms with E-state index >= 15 is 0 Å². The van der Waals surface area contributed by atoms with Crippen molar-refractivity contribution in [3.63, 3.8) is 0 Å². The Labute approximate surface area is 214 Å². The average molecular weight is 463 g/mol. The van der Waals surface area contributed by atoms with Crippen LogP contribution in [0.1, 0.15) is 38.9 Å². The van der Waals surface area contributed by atoms with Gasteiger partial charge in [-0.3, -0.25) is 0 Å². The SMILES string of the molecule is Cc1cc(C)cc(C=Cc2ccc(-c3ccc(C=C(c4ccccc4)c4ccccc4)cc3)cc2)c1. The summed E-state index contributed by atoms with van der Waals surface area (Å²) in [6.07, 6.45) is 6.64. The van der Waals surface area contributed by atoms with E-state index in [9.17, 15) is 0 Å². The largest absolute Gasteiger partial charge is 0.0622 e. The van der Waals surface area contributed by atoms with Gasteiger partial charge in [0.1, 0.15) is 0 Å². The predicted molar refractivity (Wildman–Crippen MR) is 157 cm³/mol. The fraction of sp³-hybridized carbons (Fsp3) is 0.0556. The van der Waals surface area contributed by atoms with Crippen molar-refractivity contribution in [2.45, 2.75) is 13.8 Å². The summed E-state index contributed by atoms with van der Waals surface area (Å²) in [6.45, 7) is 4.29. The third-order valence-electron chi connectivity index (χ3n) is 6.35. The molecule has 174 valence electrons. The Hall–Kier alpha value is -4.42. The van der Waals surface area contributed by atoms with Crippen molar-refractivity contribution >= 4 is 23.8 Å². The van der Waals surface area contributed by atoms with Gasteiger partial charge in [-0.25, -0.2) is 0 Å². The maximum absolute atomic E-state index is 2.27. The fourth-order valence-electron chi connectivity index (χ4n) is 4.59. The van der Waals surface area contributed by atoms with E-state index < -0.39 is 0 Å². The molecule has 0 N–H and O–H groups in total. The first-order chi connectivity index (χ1) is 17.6. The summed E-state index contributed by atoms with van der Waals surface area (Å²) in [5.74, 6) is 0. The van der Waals surface area contributed by atoms with Gasteiger partial charge in [-0.15, -0.1) is 0 Å². The molecule has 0 nitrogen and oxygen atoms in total. The molecule has 0 saturated carbocycles. The molecular weight excluding hydrogens is 432 g/mol. The number of rotatable bonds is 6. The molecule has 0 saturated heterocycles. The number of benzene rings is 5. The Bertz CT molecular complexity index is 1420. The van der Waals surface area contributed by atoms with Crippen LogP contribution in [0.4, 0.5) is 0 Å². The van der Waals surface area contributed by atoms with Gasteiger partial charge in [-0.1, -0.05) is 151 Å². The fourth-order valence-corrected chi connectivity index (χ4v) is 4.59. The van der Waals surface area contributed by atoms with Gasteiger partial charge in [0.05, 0.1) is 0 Å². The zero-order chi connectivity index (χ0) is 24.7. The zero-order valence-corrected chi connectivity index (χ0v) is 20.9. The lowest BCUT2D eigenvalue weighted by molar-refractivity contribution is 1.37. The molecule has 5 aromatic carbocycles. The van der Waals surface area contributed by atoms with Crippen LogP contribution in [0.25, 0.3) is 34.9 Å². The minimum atomic E-state index is 1.19. The number of hydrogen-bond acceptors (Lipinski definition) is 0. The molecule has 0 bridgehead atoms. The molecule has 0 spiro atoms. The van der Waals surface area contributed by atoms with Gasteiger partial charge in [0.25, 0.3) is 0 Å². The summed E-state index contributed by atoms with van der Waals surface area (Å²) in [5.41, 5.74) is 12.3. The first-order valence-corrected chi connectivity index (χ1v) is 12.4. The molecule has 0 heteroatoms. The van der Waals surface area contributed by atoms with E-state index in [1.165, 1.54) is 55.6 Å². The molecule has 5 rings (SSSR count). The summed E-state index contributed by atoms with van der Waals surface area (Å²) in [4.78, 5) is 0. The molecule has 0 atom stereocenters. The topological polar surface area (TPSA) is 0 Å². The minimum Gasteiger partial charge on any atom is -0.0622 e. The molecule has 0 aromatic heterocycles. The second-order valence-corrected chi connectivity index (χ2v) is 9.29. The van der Waals surface area contributed by atoms with Crippen molar-refractivity contribution < 1.29 is 0 Å². The van der Waals surface area contributed by atoms with Gasteiger partial charge in [-0.05, 0) is 64.4 Å². The van der Waals surface area contributed by atoms with Crippen LogP contribution < -0.4 is 0 Å². The van der Waals surface area contributed by atoms with Gasteiger partial charge >= 0.3 is 0 Å². The van der Waals surface area contributed by atoms with Crippen LogP contribution in [-0.2, 0) is 0 Å². The molecule has 36 heavy (non-hydrogen) atoms. The van der Waals surface area contributed by atoms with Gasteiger partial charge < -0.3 is 0 Å². The molecule has 0 aliphatic heterocycles. The van der Waals surface area contributed by atoms with E-state index in [0.717, 1.165) is 0 Å². The van der Waals surface area contributed by atoms with Gasteiger partial charge in [0.2, 0.25) is 0 Å². The molecule has 0 heterocycles. The Morgan fingerprint density at radius 2 is 0.889 bits per heavy atom. The molecule has 0 aliphatic rings. The Kier molecular flexibility index (Phi) is 7.05. The van der Waals surface area contributed by atoms with E-state index in [1.807, 2.05) is 0 Å². The maximum Gasteiger partial charge on any atom is -0.0105 e. The summed E-state index contributed by atoms with van der Waals surface area (Å²) < 4.78 is 0. The van der Waals surface area contributed by atoms with E-state index in [1.54, 1.807) is 0 Å². The Morgan fingerprint density at radius 3 is 1.39 bits per heavy atom. The molecule has 0 unspecified atom stereocenters. The highest BCUT2D eigenvalue weighted by Gasteiger charge is 2.05. The lowest BCUT2D eigenvalue weighted by Crippen LogP contribution is -1.88. The lowest BCUT2D eigenvalue weighted by Gasteiger charge is -2.09. The molecule has 0 amide bonds. The van der Waals surface area contributed by atoms with Crippen LogP contribution in [0.2, 0.25) is 0 Å². The van der Waals surface area contributed by atoms with Gasteiger partial charge in [0.15, 0.2) is 0 Å². The predicted octanol–water partition coefficient (Wildman–Crippen LogP) is 9.73. The second-order valence-electron chi connectivity index (χ2n) is 9.29. The Balaban J connectivity index is 1.36. The third-order valence-corrected chi connectivity index (χ3v) is 6.35. The van der Waals surface area contributed by atoms with Crippen molar-refractivity contribution in [3.8, 4) is 11.1 Å². The zero-order valence-electron chi connectivity index (χ0n) is 20.9. The van der Waals surface area contributed by atoms with Gasteiger partial charge in [0, 0.05) is 0 Å². The quantitative estimate of drug-likeness (QED) is 0.220. The highest BCUT2D eigenvalue weighted by molar-refractivity contribution is 5.91. The number of aryl methyl sites for hydroxylation is 2. The van der Waals surface area contributed by atoms with Crippen LogP contribution in [0.15, 0.2) is 127 Å². The first-order valence-electron chi connectivity index (χ1n) is 12.4. The highest BCUT2D eigenvalue weighted by Crippen LogP contribution is 2.27. The lowest BCUT2D eigenvalue weighted by atomic mass is 9.95. The van der Waals surface area contributed by atoms with Crippen LogP contribution >= 0.6 is 0 Å². The van der Waals surface area contributed by atoms with Crippen molar-refractivity contribution in [3.05, 3.63) is 166 Å². The summed E-state index contributed by atoms with van der Waals surface area (Å²) >= 11 is 0. The van der Waals surface area contributed by atoms with E-state index in [0.29, 0.717) is 0 Å². The number of hydrogen-bond donors (Lipinski definition) is 0. The van der Waals surface area contributed by atoms with Crippen molar-refractivity contribution in [1.82, 2.24) is 0 Å². The minimum absolute atomic E-state index is 1.19. The van der Waals surface area contributed by atoms with Crippen LogP contribution in [-0.4, -0.2) is 0 Å². The third kappa shape index (κ3) is 5.79. The monoisotopic (exact) mass is 462 g/mol. The molecule has 0 aliphatic carbocycles.